The highest BCUT2D eigenvalue weighted by atomic mass is 15.1. The third kappa shape index (κ3) is 0.578. The molecular weight excluding hydrogens is 90.1 g/mol. The second-order valence-corrected chi connectivity index (χ2v) is 0.990. The van der Waals surface area contributed by atoms with Crippen LogP contribution in [-0.4, -0.2) is 10.2 Å². The van der Waals surface area contributed by atoms with E-state index in [-0.39, 0.29) is 0 Å². The van der Waals surface area contributed by atoms with Crippen LogP contribution in [0, 0.1) is 17.4 Å². The molecule has 3 heteroatoms. The maximum absolute atomic E-state index is 8.06. The molecule has 0 aliphatic rings. The smallest absolute Gasteiger partial charge is 0.170 e. The Morgan fingerprint density at radius 2 is 2.86 bits per heavy atom. The minimum absolute atomic E-state index is 0.306. The number of rotatable bonds is 0. The summed E-state index contributed by atoms with van der Waals surface area (Å²) < 4.78 is 0. The molecule has 0 saturated heterocycles. The minimum Gasteiger partial charge on any atom is -0.284 e. The molecule has 7 heavy (non-hydrogen) atoms. The topological polar surface area (TPSA) is 52.5 Å². The summed E-state index contributed by atoms with van der Waals surface area (Å²) in [5.74, 6) is 0. The molecule has 1 rings (SSSR count). The van der Waals surface area contributed by atoms with Crippen LogP contribution in [0.3, 0.4) is 0 Å². The Balaban J connectivity index is 3.04. The fourth-order valence-electron chi connectivity index (χ4n) is 0.287. The second kappa shape index (κ2) is 1.43. The molecule has 0 unspecified atom stereocenters. The van der Waals surface area contributed by atoms with E-state index in [1.807, 2.05) is 6.07 Å². The van der Waals surface area contributed by atoms with Gasteiger partial charge in [-0.3, -0.25) is 5.10 Å². The van der Waals surface area contributed by atoms with Gasteiger partial charge in [0.15, 0.2) is 5.69 Å². The zero-order chi connectivity index (χ0) is 5.11. The van der Waals surface area contributed by atoms with Crippen molar-refractivity contribution in [3.8, 4) is 6.07 Å². The van der Waals surface area contributed by atoms with Crippen LogP contribution in [0.4, 0.5) is 0 Å². The van der Waals surface area contributed by atoms with Crippen LogP contribution in [0.1, 0.15) is 5.69 Å². The van der Waals surface area contributed by atoms with E-state index in [0.717, 1.165) is 0 Å². The Labute approximate surface area is 40.6 Å². The van der Waals surface area contributed by atoms with Gasteiger partial charge >= 0.3 is 0 Å². The number of hydrogen-bond donors (Lipinski definition) is 1. The van der Waals surface area contributed by atoms with E-state index in [0.29, 0.717) is 5.69 Å². The number of nitrogens with zero attached hydrogens (tertiary/aromatic N) is 2. The fourth-order valence-corrected chi connectivity index (χ4v) is 0.287. The van der Waals surface area contributed by atoms with Crippen molar-refractivity contribution < 1.29 is 0 Å². The summed E-state index contributed by atoms with van der Waals surface area (Å²) in [7, 11) is 0. The van der Waals surface area contributed by atoms with Gasteiger partial charge in [0.2, 0.25) is 0 Å². The van der Waals surface area contributed by atoms with E-state index in [4.69, 9.17) is 5.26 Å². The van der Waals surface area contributed by atoms with Crippen LogP contribution >= 0.6 is 0 Å². The quantitative estimate of drug-likeness (QED) is 0.492. The van der Waals surface area contributed by atoms with Gasteiger partial charge in [-0.05, 0) is 0 Å². The Kier molecular flexibility index (Phi) is 0.794. The normalized spacial score (nSPS) is 7.86. The maximum atomic E-state index is 8.06. The molecule has 0 aliphatic carbocycles. The lowest BCUT2D eigenvalue weighted by Gasteiger charge is -1.61. The average molecular weight is 92.1 g/mol. The van der Waals surface area contributed by atoms with Crippen molar-refractivity contribution in [1.82, 2.24) is 10.2 Å². The van der Waals surface area contributed by atoms with Gasteiger partial charge in [-0.25, -0.2) is 0 Å². The summed E-state index contributed by atoms with van der Waals surface area (Å²) in [5.41, 5.74) is 0.306. The number of nitriles is 1. The van der Waals surface area contributed by atoms with Gasteiger partial charge in [0.25, 0.3) is 0 Å². The van der Waals surface area contributed by atoms with Crippen molar-refractivity contribution in [3.63, 3.8) is 0 Å². The Morgan fingerprint density at radius 3 is 3.14 bits per heavy atom. The fraction of sp³-hybridized carbons (Fsp3) is 0. The molecule has 0 atom stereocenters. The van der Waals surface area contributed by atoms with Crippen LogP contribution in [-0.2, 0) is 0 Å². The standard InChI is InChI=1S/C4H2N3/c5-3-4-1-2-6-7-4/h2H,(H,6,7). The Hall–Kier alpha value is -1.30. The lowest BCUT2D eigenvalue weighted by molar-refractivity contribution is 1.07. The molecule has 1 N–H and O–H groups in total. The summed E-state index contributed by atoms with van der Waals surface area (Å²) in [6, 6.07) is 4.37. The molecule has 1 heterocycles. The predicted molar refractivity (Wildman–Crippen MR) is 22.1 cm³/mol. The molecule has 1 aromatic rings. The van der Waals surface area contributed by atoms with Crippen LogP contribution in [0.25, 0.3) is 0 Å². The van der Waals surface area contributed by atoms with Crippen LogP contribution < -0.4 is 0 Å². The highest BCUT2D eigenvalue weighted by Crippen LogP contribution is 1.81. The monoisotopic (exact) mass is 92.0 g/mol. The molecule has 0 aromatic carbocycles. The molecule has 0 bridgehead atoms. The highest BCUT2D eigenvalue weighted by Gasteiger charge is 1.84. The van der Waals surface area contributed by atoms with E-state index in [1.54, 1.807) is 0 Å². The lowest BCUT2D eigenvalue weighted by Crippen LogP contribution is -1.68. The van der Waals surface area contributed by atoms with E-state index >= 15 is 0 Å². The zero-order valence-corrected chi connectivity index (χ0v) is 3.47. The van der Waals surface area contributed by atoms with Gasteiger partial charge in [0.05, 0.1) is 0 Å². The molecule has 1 radical (unpaired) electrons. The SMILES string of the molecule is N#Cc1[c]c[nH]n1. The van der Waals surface area contributed by atoms with Crippen molar-refractivity contribution >= 4 is 0 Å². The Morgan fingerprint density at radius 1 is 2.00 bits per heavy atom. The summed E-state index contributed by atoms with van der Waals surface area (Å²) in [5, 5.41) is 14.0. The first-order valence-corrected chi connectivity index (χ1v) is 1.75. The van der Waals surface area contributed by atoms with Gasteiger partial charge in [-0.15, -0.1) is 0 Å². The lowest BCUT2D eigenvalue weighted by atomic mass is 10.5. The number of aromatic amines is 1. The molecule has 1 aromatic heterocycles. The van der Waals surface area contributed by atoms with E-state index in [2.05, 4.69) is 16.3 Å². The first-order chi connectivity index (χ1) is 3.43. The van der Waals surface area contributed by atoms with Crippen molar-refractivity contribution in [2.24, 2.45) is 0 Å². The molecule has 3 nitrogen and oxygen atoms in total. The summed E-state index contributed by atoms with van der Waals surface area (Å²) >= 11 is 0. The molecule has 0 aliphatic heterocycles. The number of hydrogen-bond acceptors (Lipinski definition) is 2. The van der Waals surface area contributed by atoms with Crippen LogP contribution in [0.5, 0.6) is 0 Å². The molecule has 0 fully saturated rings. The van der Waals surface area contributed by atoms with Crippen LogP contribution in [0.2, 0.25) is 0 Å². The molecular formula is C4H2N3. The van der Waals surface area contributed by atoms with Gasteiger partial charge in [-0.1, -0.05) is 0 Å². The Bertz CT molecular complexity index is 169. The molecule has 0 saturated carbocycles. The first kappa shape index (κ1) is 3.88. The first-order valence-electron chi connectivity index (χ1n) is 1.75. The third-order valence-electron chi connectivity index (χ3n) is 0.556. The van der Waals surface area contributed by atoms with Gasteiger partial charge < -0.3 is 0 Å². The van der Waals surface area contributed by atoms with Crippen molar-refractivity contribution in [3.05, 3.63) is 18.0 Å². The van der Waals surface area contributed by atoms with Gasteiger partial charge in [0, 0.05) is 12.3 Å². The average Bonchev–Trinajstić information content (AvgIpc) is 2.14. The second-order valence-electron chi connectivity index (χ2n) is 0.990. The maximum Gasteiger partial charge on any atom is 0.170 e. The zero-order valence-electron chi connectivity index (χ0n) is 3.47. The summed E-state index contributed by atoms with van der Waals surface area (Å²) in [6.07, 6.45) is 1.48. The largest absolute Gasteiger partial charge is 0.284 e. The highest BCUT2D eigenvalue weighted by molar-refractivity contribution is 5.13. The summed E-state index contributed by atoms with van der Waals surface area (Å²) in [4.78, 5) is 0. The van der Waals surface area contributed by atoms with Crippen molar-refractivity contribution in [2.45, 2.75) is 0 Å². The van der Waals surface area contributed by atoms with Crippen molar-refractivity contribution in [2.75, 3.05) is 0 Å². The number of aromatic nitrogens is 2. The molecule has 0 amide bonds. The summed E-state index contributed by atoms with van der Waals surface area (Å²) in [6.45, 7) is 0. The van der Waals surface area contributed by atoms with Gasteiger partial charge in [0.1, 0.15) is 6.07 Å². The molecule has 33 valence electrons. The van der Waals surface area contributed by atoms with Crippen LogP contribution in [0.15, 0.2) is 6.20 Å². The van der Waals surface area contributed by atoms with E-state index in [9.17, 15) is 0 Å². The third-order valence-corrected chi connectivity index (χ3v) is 0.556. The van der Waals surface area contributed by atoms with E-state index in [1.165, 1.54) is 6.20 Å². The predicted octanol–water partition coefficient (Wildman–Crippen LogP) is 0.0816. The number of H-pyrrole nitrogens is 1. The number of nitrogens with one attached hydrogen (secondary N) is 1. The van der Waals surface area contributed by atoms with Gasteiger partial charge in [-0.2, -0.15) is 10.4 Å². The van der Waals surface area contributed by atoms with Crippen molar-refractivity contribution in [1.29, 1.82) is 5.26 Å². The van der Waals surface area contributed by atoms with E-state index < -0.39 is 0 Å². The molecule has 0 spiro atoms. The minimum atomic E-state index is 0.306.